The van der Waals surface area contributed by atoms with Crippen LogP contribution in [0.4, 0.5) is 28.4 Å². The normalized spacial score (nSPS) is 11.3. The molecule has 4 nitrogen and oxygen atoms in total. The van der Waals surface area contributed by atoms with E-state index in [0.29, 0.717) is 18.7 Å². The van der Waals surface area contributed by atoms with Crippen LogP contribution in [-0.4, -0.2) is 35.5 Å². The molecule has 140 valence electrons. The summed E-state index contributed by atoms with van der Waals surface area (Å²) in [5.74, 6) is 0.700. The third kappa shape index (κ3) is 6.47. The van der Waals surface area contributed by atoms with Crippen LogP contribution in [0.1, 0.15) is 32.3 Å². The van der Waals surface area contributed by atoms with Crippen LogP contribution in [-0.2, 0) is 6.18 Å². The van der Waals surface area contributed by atoms with Crippen molar-refractivity contribution >= 4 is 38.5 Å². The number of halogens is 3. The van der Waals surface area contributed by atoms with Crippen molar-refractivity contribution in [2.24, 2.45) is 0 Å². The highest BCUT2D eigenvalue weighted by Crippen LogP contribution is 2.34. The molecule has 0 atom stereocenters. The van der Waals surface area contributed by atoms with Gasteiger partial charge in [0.25, 0.3) is 0 Å². The molecule has 1 aromatic carbocycles. The molecule has 0 radical (unpaired) electrons. The smallest absolute Gasteiger partial charge is 0.327 e. The largest absolute Gasteiger partial charge is 0.416 e. The number of amides is 3. The van der Waals surface area contributed by atoms with E-state index in [4.69, 9.17) is 0 Å². The topological polar surface area (TPSA) is 40.6 Å². The SMILES string of the molecule is CCCSSC(=O)N(C(=O)N(C)CCC)c1cccc(C(F)(F)F)c1. The van der Waals surface area contributed by atoms with E-state index in [-0.39, 0.29) is 5.69 Å². The van der Waals surface area contributed by atoms with Crippen molar-refractivity contribution in [1.29, 1.82) is 0 Å². The standard InChI is InChI=1S/C16H21F3N2O2S2/c1-4-9-20(3)14(22)21(15(23)25-24-10-5-2)13-8-6-7-12(11-13)16(17,18)19/h6-8,11H,4-5,9-10H2,1-3H3. The lowest BCUT2D eigenvalue weighted by molar-refractivity contribution is -0.137. The maximum atomic E-state index is 13.0. The first-order valence-electron chi connectivity index (χ1n) is 7.78. The lowest BCUT2D eigenvalue weighted by Gasteiger charge is -2.26. The Hall–Kier alpha value is -1.35. The number of alkyl halides is 3. The van der Waals surface area contributed by atoms with E-state index in [1.807, 2.05) is 13.8 Å². The number of hydrogen-bond acceptors (Lipinski definition) is 4. The van der Waals surface area contributed by atoms with Crippen molar-refractivity contribution in [2.45, 2.75) is 32.9 Å². The van der Waals surface area contributed by atoms with Gasteiger partial charge in [-0.15, -0.1) is 0 Å². The average Bonchev–Trinajstić information content (AvgIpc) is 2.55. The monoisotopic (exact) mass is 394 g/mol. The zero-order chi connectivity index (χ0) is 19.0. The van der Waals surface area contributed by atoms with Gasteiger partial charge >= 0.3 is 17.4 Å². The number of rotatable bonds is 6. The molecular formula is C16H21F3N2O2S2. The van der Waals surface area contributed by atoms with Gasteiger partial charge in [-0.2, -0.15) is 13.2 Å². The summed E-state index contributed by atoms with van der Waals surface area (Å²) in [6, 6.07) is 3.60. The van der Waals surface area contributed by atoms with Crippen molar-refractivity contribution in [3.8, 4) is 0 Å². The number of carbonyl (C=O) groups excluding carboxylic acids is 2. The molecule has 9 heteroatoms. The maximum absolute atomic E-state index is 13.0. The van der Waals surface area contributed by atoms with E-state index in [1.165, 1.54) is 34.9 Å². The molecule has 25 heavy (non-hydrogen) atoms. The van der Waals surface area contributed by atoms with Gasteiger partial charge in [-0.3, -0.25) is 4.79 Å². The minimum Gasteiger partial charge on any atom is -0.327 e. The van der Waals surface area contributed by atoms with Gasteiger partial charge in [0.1, 0.15) is 0 Å². The van der Waals surface area contributed by atoms with Crippen molar-refractivity contribution in [1.82, 2.24) is 4.90 Å². The van der Waals surface area contributed by atoms with Crippen molar-refractivity contribution in [3.05, 3.63) is 29.8 Å². The summed E-state index contributed by atoms with van der Waals surface area (Å²) in [5, 5.41) is -0.606. The predicted molar refractivity (Wildman–Crippen MR) is 98.0 cm³/mol. The Bertz CT molecular complexity index is 597. The Morgan fingerprint density at radius 1 is 1.16 bits per heavy atom. The van der Waals surface area contributed by atoms with Crippen LogP contribution in [0.5, 0.6) is 0 Å². The molecule has 0 aliphatic heterocycles. The lowest BCUT2D eigenvalue weighted by Crippen LogP contribution is -2.43. The molecule has 0 aromatic heterocycles. The van der Waals surface area contributed by atoms with Crippen LogP contribution >= 0.6 is 21.6 Å². The number of hydrogen-bond donors (Lipinski definition) is 0. The zero-order valence-corrected chi connectivity index (χ0v) is 15.9. The van der Waals surface area contributed by atoms with Gasteiger partial charge in [-0.25, -0.2) is 9.69 Å². The first-order valence-corrected chi connectivity index (χ1v) is 10.1. The number of benzene rings is 1. The molecule has 0 N–H and O–H groups in total. The third-order valence-electron chi connectivity index (χ3n) is 3.11. The van der Waals surface area contributed by atoms with E-state index in [9.17, 15) is 22.8 Å². The molecular weight excluding hydrogens is 373 g/mol. The van der Waals surface area contributed by atoms with Crippen molar-refractivity contribution < 1.29 is 22.8 Å². The van der Waals surface area contributed by atoms with Crippen LogP contribution < -0.4 is 4.90 Å². The van der Waals surface area contributed by atoms with E-state index in [2.05, 4.69) is 0 Å². The highest BCUT2D eigenvalue weighted by Gasteiger charge is 2.33. The number of anilines is 1. The van der Waals surface area contributed by atoms with E-state index >= 15 is 0 Å². The predicted octanol–water partition coefficient (Wildman–Crippen LogP) is 5.89. The summed E-state index contributed by atoms with van der Waals surface area (Å²) in [6.45, 7) is 4.21. The fraction of sp³-hybridized carbons (Fsp3) is 0.500. The molecule has 0 bridgehead atoms. The Morgan fingerprint density at radius 2 is 1.84 bits per heavy atom. The summed E-state index contributed by atoms with van der Waals surface area (Å²) in [4.78, 5) is 27.2. The average molecular weight is 394 g/mol. The number of carbonyl (C=O) groups is 2. The minimum absolute atomic E-state index is 0.0858. The van der Waals surface area contributed by atoms with Crippen LogP contribution in [0.3, 0.4) is 0 Å². The van der Waals surface area contributed by atoms with Crippen LogP contribution in [0, 0.1) is 0 Å². The van der Waals surface area contributed by atoms with Gasteiger partial charge in [0.15, 0.2) is 0 Å². The quantitative estimate of drug-likeness (QED) is 0.446. The molecule has 0 fully saturated rings. The summed E-state index contributed by atoms with van der Waals surface area (Å²) in [7, 11) is 3.64. The molecule has 0 heterocycles. The van der Waals surface area contributed by atoms with Gasteiger partial charge in [-0.05, 0) is 31.0 Å². The van der Waals surface area contributed by atoms with Crippen molar-refractivity contribution in [2.75, 3.05) is 24.2 Å². The number of imide groups is 1. The molecule has 0 unspecified atom stereocenters. The number of urea groups is 1. The Kier molecular flexibility index (Phi) is 8.64. The second kappa shape index (κ2) is 9.96. The zero-order valence-electron chi connectivity index (χ0n) is 14.3. The molecule has 0 saturated carbocycles. The molecule has 0 aliphatic rings. The van der Waals surface area contributed by atoms with Crippen LogP contribution in [0.25, 0.3) is 0 Å². The molecule has 1 rings (SSSR count). The van der Waals surface area contributed by atoms with Crippen LogP contribution in [0.2, 0.25) is 0 Å². The summed E-state index contributed by atoms with van der Waals surface area (Å²) in [5.41, 5.74) is -0.989. The van der Waals surface area contributed by atoms with Gasteiger partial charge in [0.2, 0.25) is 0 Å². The van der Waals surface area contributed by atoms with E-state index in [0.717, 1.165) is 34.2 Å². The second-order valence-corrected chi connectivity index (χ2v) is 7.63. The molecule has 0 spiro atoms. The van der Waals surface area contributed by atoms with E-state index < -0.39 is 23.0 Å². The third-order valence-corrected chi connectivity index (χ3v) is 5.41. The van der Waals surface area contributed by atoms with Gasteiger partial charge < -0.3 is 4.90 Å². The van der Waals surface area contributed by atoms with Crippen LogP contribution in [0.15, 0.2) is 24.3 Å². The van der Waals surface area contributed by atoms with E-state index in [1.54, 1.807) is 0 Å². The molecule has 3 amide bonds. The second-order valence-electron chi connectivity index (χ2n) is 5.26. The molecule has 1 aromatic rings. The van der Waals surface area contributed by atoms with Crippen molar-refractivity contribution in [3.63, 3.8) is 0 Å². The highest BCUT2D eigenvalue weighted by atomic mass is 33.1. The Balaban J connectivity index is 3.17. The van der Waals surface area contributed by atoms with Gasteiger partial charge in [-0.1, -0.05) is 30.7 Å². The lowest BCUT2D eigenvalue weighted by atomic mass is 10.2. The van der Waals surface area contributed by atoms with Gasteiger partial charge in [0, 0.05) is 30.1 Å². The Morgan fingerprint density at radius 3 is 2.40 bits per heavy atom. The fourth-order valence-corrected chi connectivity index (χ4v) is 3.81. The Labute approximate surface area is 153 Å². The first kappa shape index (κ1) is 21.7. The maximum Gasteiger partial charge on any atom is 0.416 e. The van der Waals surface area contributed by atoms with Gasteiger partial charge in [0.05, 0.1) is 11.3 Å². The highest BCUT2D eigenvalue weighted by molar-refractivity contribution is 8.82. The fourth-order valence-electron chi connectivity index (χ4n) is 1.93. The summed E-state index contributed by atoms with van der Waals surface area (Å²) in [6.07, 6.45) is -3.03. The minimum atomic E-state index is -4.55. The molecule has 0 aliphatic carbocycles. The summed E-state index contributed by atoms with van der Waals surface area (Å²) < 4.78 is 38.9. The first-order chi connectivity index (χ1) is 11.7. The summed E-state index contributed by atoms with van der Waals surface area (Å²) >= 11 is 0. The number of nitrogens with zero attached hydrogens (tertiary/aromatic N) is 2. The molecule has 0 saturated heterocycles.